The first kappa shape index (κ1) is 11.5. The molecule has 0 heterocycles. The average Bonchev–Trinajstić information content (AvgIpc) is 2.01. The van der Waals surface area contributed by atoms with Crippen molar-refractivity contribution in [2.75, 3.05) is 12.0 Å². The van der Waals surface area contributed by atoms with Crippen LogP contribution < -0.4 is 0 Å². The molecule has 1 aliphatic carbocycles. The van der Waals surface area contributed by atoms with Gasteiger partial charge in [-0.1, -0.05) is 12.8 Å². The molecule has 0 aromatic rings. The van der Waals surface area contributed by atoms with E-state index in [9.17, 15) is 13.2 Å². The van der Waals surface area contributed by atoms with Gasteiger partial charge in [0.15, 0.2) is 0 Å². The standard InChI is InChI=1S/C9H16O4S/c1-14(12,13)6-7-4-2-3-5-8(7)9(10)11/h7-8H,2-6H2,1H3,(H,10,11). The molecule has 14 heavy (non-hydrogen) atoms. The summed E-state index contributed by atoms with van der Waals surface area (Å²) in [5.74, 6) is -1.47. The minimum absolute atomic E-state index is 0.0178. The second kappa shape index (κ2) is 4.29. The number of carbonyl (C=O) groups is 1. The van der Waals surface area contributed by atoms with Crippen molar-refractivity contribution in [2.45, 2.75) is 25.7 Å². The highest BCUT2D eigenvalue weighted by Gasteiger charge is 2.32. The topological polar surface area (TPSA) is 71.4 Å². The Kier molecular flexibility index (Phi) is 3.53. The maximum Gasteiger partial charge on any atom is 0.306 e. The van der Waals surface area contributed by atoms with Gasteiger partial charge in [0.05, 0.1) is 11.7 Å². The van der Waals surface area contributed by atoms with Gasteiger partial charge in [-0.25, -0.2) is 8.42 Å². The van der Waals surface area contributed by atoms with Crippen LogP contribution in [0, 0.1) is 11.8 Å². The summed E-state index contributed by atoms with van der Waals surface area (Å²) >= 11 is 0. The maximum absolute atomic E-state index is 11.1. The Labute approximate surface area is 84.2 Å². The van der Waals surface area contributed by atoms with Crippen molar-refractivity contribution in [3.8, 4) is 0 Å². The van der Waals surface area contributed by atoms with Crippen LogP contribution in [0.15, 0.2) is 0 Å². The first-order chi connectivity index (χ1) is 6.40. The van der Waals surface area contributed by atoms with Gasteiger partial charge in [0.2, 0.25) is 0 Å². The molecule has 1 rings (SSSR count). The highest BCUT2D eigenvalue weighted by Crippen LogP contribution is 2.31. The van der Waals surface area contributed by atoms with Crippen molar-refractivity contribution in [3.05, 3.63) is 0 Å². The maximum atomic E-state index is 11.1. The lowest BCUT2D eigenvalue weighted by Crippen LogP contribution is -2.31. The summed E-state index contributed by atoms with van der Waals surface area (Å²) in [6.07, 6.45) is 4.36. The molecular weight excluding hydrogens is 204 g/mol. The third-order valence-electron chi connectivity index (χ3n) is 2.74. The molecular formula is C9H16O4S. The SMILES string of the molecule is CS(=O)(=O)CC1CCCCC1C(=O)O. The Hall–Kier alpha value is -0.580. The Balaban J connectivity index is 2.68. The second-order valence-corrected chi connectivity index (χ2v) is 6.27. The summed E-state index contributed by atoms with van der Waals surface area (Å²) in [5.41, 5.74) is 0. The fraction of sp³-hybridized carbons (Fsp3) is 0.889. The zero-order valence-corrected chi connectivity index (χ0v) is 9.09. The molecule has 1 saturated carbocycles. The molecule has 2 unspecified atom stereocenters. The van der Waals surface area contributed by atoms with Crippen LogP contribution in [0.3, 0.4) is 0 Å². The molecule has 0 saturated heterocycles. The van der Waals surface area contributed by atoms with Crippen LogP contribution in [0.1, 0.15) is 25.7 Å². The molecule has 5 heteroatoms. The number of carboxylic acids is 1. The molecule has 1 aliphatic rings. The third-order valence-corrected chi connectivity index (χ3v) is 3.78. The van der Waals surface area contributed by atoms with Crippen molar-refractivity contribution in [1.29, 1.82) is 0 Å². The largest absolute Gasteiger partial charge is 0.481 e. The Bertz CT molecular complexity index is 307. The fourth-order valence-corrected chi connectivity index (χ4v) is 3.30. The van der Waals surface area contributed by atoms with Gasteiger partial charge in [0.25, 0.3) is 0 Å². The Morgan fingerprint density at radius 1 is 1.36 bits per heavy atom. The molecule has 0 aliphatic heterocycles. The van der Waals surface area contributed by atoms with Crippen LogP contribution in [-0.4, -0.2) is 31.5 Å². The van der Waals surface area contributed by atoms with Crippen LogP contribution in [0.25, 0.3) is 0 Å². The van der Waals surface area contributed by atoms with Gasteiger partial charge in [-0.3, -0.25) is 4.79 Å². The molecule has 2 atom stereocenters. The van der Waals surface area contributed by atoms with E-state index in [1.54, 1.807) is 0 Å². The summed E-state index contributed by atoms with van der Waals surface area (Å²) in [6.45, 7) is 0. The summed E-state index contributed by atoms with van der Waals surface area (Å²) in [6, 6.07) is 0. The normalized spacial score (nSPS) is 28.6. The van der Waals surface area contributed by atoms with Crippen molar-refractivity contribution in [2.24, 2.45) is 11.8 Å². The quantitative estimate of drug-likeness (QED) is 0.767. The van der Waals surface area contributed by atoms with E-state index in [1.165, 1.54) is 6.26 Å². The molecule has 82 valence electrons. The third kappa shape index (κ3) is 3.29. The molecule has 0 radical (unpaired) electrons. The van der Waals surface area contributed by atoms with Crippen molar-refractivity contribution in [3.63, 3.8) is 0 Å². The predicted octanol–water partition coefficient (Wildman–Crippen LogP) is 0.922. The number of rotatable bonds is 3. The fourth-order valence-electron chi connectivity index (χ4n) is 2.12. The number of hydrogen-bond acceptors (Lipinski definition) is 3. The van der Waals surface area contributed by atoms with Crippen LogP contribution in [-0.2, 0) is 14.6 Å². The van der Waals surface area contributed by atoms with E-state index >= 15 is 0 Å². The van der Waals surface area contributed by atoms with E-state index in [2.05, 4.69) is 0 Å². The average molecular weight is 220 g/mol. The molecule has 0 bridgehead atoms. The first-order valence-corrected chi connectivity index (χ1v) is 6.87. The lowest BCUT2D eigenvalue weighted by atomic mass is 9.80. The van der Waals surface area contributed by atoms with Crippen molar-refractivity contribution < 1.29 is 18.3 Å². The molecule has 0 aromatic heterocycles. The zero-order valence-electron chi connectivity index (χ0n) is 8.27. The van der Waals surface area contributed by atoms with E-state index < -0.39 is 21.7 Å². The molecule has 1 fully saturated rings. The van der Waals surface area contributed by atoms with Gasteiger partial charge in [0, 0.05) is 6.26 Å². The van der Waals surface area contributed by atoms with Crippen LogP contribution in [0.2, 0.25) is 0 Å². The smallest absolute Gasteiger partial charge is 0.306 e. The van der Waals surface area contributed by atoms with E-state index in [0.717, 1.165) is 19.3 Å². The van der Waals surface area contributed by atoms with Gasteiger partial charge in [-0.2, -0.15) is 0 Å². The summed E-state index contributed by atoms with van der Waals surface area (Å²) < 4.78 is 22.1. The van der Waals surface area contributed by atoms with Gasteiger partial charge < -0.3 is 5.11 Å². The number of carboxylic acid groups (broad SMARTS) is 1. The van der Waals surface area contributed by atoms with Crippen LogP contribution in [0.5, 0.6) is 0 Å². The lowest BCUT2D eigenvalue weighted by molar-refractivity contribution is -0.144. The molecule has 0 aromatic carbocycles. The number of hydrogen-bond donors (Lipinski definition) is 1. The van der Waals surface area contributed by atoms with Gasteiger partial charge in [0.1, 0.15) is 9.84 Å². The van der Waals surface area contributed by atoms with E-state index in [4.69, 9.17) is 5.11 Å². The molecule has 4 nitrogen and oxygen atoms in total. The predicted molar refractivity (Wildman–Crippen MR) is 52.8 cm³/mol. The van der Waals surface area contributed by atoms with Crippen LogP contribution in [0.4, 0.5) is 0 Å². The minimum Gasteiger partial charge on any atom is -0.481 e. The Morgan fingerprint density at radius 2 is 1.93 bits per heavy atom. The monoisotopic (exact) mass is 220 g/mol. The zero-order chi connectivity index (χ0) is 10.8. The minimum atomic E-state index is -3.05. The second-order valence-electron chi connectivity index (χ2n) is 4.08. The first-order valence-electron chi connectivity index (χ1n) is 4.80. The summed E-state index contributed by atoms with van der Waals surface area (Å²) in [4.78, 5) is 10.9. The van der Waals surface area contributed by atoms with Crippen molar-refractivity contribution in [1.82, 2.24) is 0 Å². The lowest BCUT2D eigenvalue weighted by Gasteiger charge is -2.27. The number of sulfone groups is 1. The van der Waals surface area contributed by atoms with E-state index in [1.807, 2.05) is 0 Å². The Morgan fingerprint density at radius 3 is 2.43 bits per heavy atom. The van der Waals surface area contributed by atoms with Crippen LogP contribution >= 0.6 is 0 Å². The van der Waals surface area contributed by atoms with E-state index in [0.29, 0.717) is 6.42 Å². The van der Waals surface area contributed by atoms with Gasteiger partial charge >= 0.3 is 5.97 Å². The highest BCUT2D eigenvalue weighted by atomic mass is 32.2. The summed E-state index contributed by atoms with van der Waals surface area (Å²) in [5, 5.41) is 8.91. The molecule has 0 amide bonds. The molecule has 1 N–H and O–H groups in total. The summed E-state index contributed by atoms with van der Waals surface area (Å²) in [7, 11) is -3.05. The van der Waals surface area contributed by atoms with Gasteiger partial charge in [-0.05, 0) is 18.8 Å². The molecule has 0 spiro atoms. The van der Waals surface area contributed by atoms with Gasteiger partial charge in [-0.15, -0.1) is 0 Å². The van der Waals surface area contributed by atoms with Crippen molar-refractivity contribution >= 4 is 15.8 Å². The number of aliphatic carboxylic acids is 1. The highest BCUT2D eigenvalue weighted by molar-refractivity contribution is 7.90. The van der Waals surface area contributed by atoms with E-state index in [-0.39, 0.29) is 11.7 Å².